The molecule has 1 aromatic heterocycles. The summed E-state index contributed by atoms with van der Waals surface area (Å²) in [6.07, 6.45) is 5.81. The lowest BCUT2D eigenvalue weighted by molar-refractivity contribution is 0.472. The molecule has 142 valence electrons. The fourth-order valence-corrected chi connectivity index (χ4v) is 3.25. The predicted octanol–water partition coefficient (Wildman–Crippen LogP) is 5.37. The van der Waals surface area contributed by atoms with Crippen molar-refractivity contribution in [3.8, 4) is 11.8 Å². The van der Waals surface area contributed by atoms with Gasteiger partial charge in [0, 0.05) is 28.8 Å². The molecule has 0 amide bonds. The number of aliphatic hydroxyl groups excluding tert-OH is 1. The highest BCUT2D eigenvalue weighted by Crippen LogP contribution is 2.36. The maximum absolute atomic E-state index is 10.8. The monoisotopic (exact) mass is 365 g/mol. The molecule has 0 radical (unpaired) electrons. The molecule has 0 fully saturated rings. The second-order valence-electron chi connectivity index (χ2n) is 6.72. The minimum Gasteiger partial charge on any atom is -0.507 e. The zero-order valence-corrected chi connectivity index (χ0v) is 16.2. The number of aliphatic hydroxyl groups is 1. The summed E-state index contributed by atoms with van der Waals surface area (Å²) in [5.41, 5.74) is 9.48. The number of phenolic OH excluding ortho intramolecular Hbond substituents is 1. The van der Waals surface area contributed by atoms with Gasteiger partial charge in [0.1, 0.15) is 11.5 Å². The van der Waals surface area contributed by atoms with Gasteiger partial charge in [-0.1, -0.05) is 26.7 Å². The van der Waals surface area contributed by atoms with Gasteiger partial charge in [-0.2, -0.15) is 5.26 Å². The molecular formula is C22H27N3O2. The molecule has 5 heteroatoms. The number of nitrogens with zero attached hydrogens (tertiary/aromatic N) is 2. The first kappa shape index (κ1) is 20.3. The maximum Gasteiger partial charge on any atom is 0.128 e. The van der Waals surface area contributed by atoms with Gasteiger partial charge in [-0.25, -0.2) is 0 Å². The molecule has 27 heavy (non-hydrogen) atoms. The number of rotatable bonds is 7. The van der Waals surface area contributed by atoms with E-state index in [4.69, 9.17) is 11.0 Å². The lowest BCUT2D eigenvalue weighted by Gasteiger charge is -2.18. The number of anilines is 1. The standard InChI is InChI=1S/C22H27N3O2/c1-4-6-7-16(5-2)21-20(24)18(10-11-25-21)22(27)14(3)17-9-8-15(13-23)12-19(17)26/h8-12,16,26-27H,4-7,24H2,1-3H3/b22-14-. The SMILES string of the molecule is CCCCC(CC)c1nccc(/C(O)=C(\C)c2ccc(C#N)cc2O)c1N. The quantitative estimate of drug-likeness (QED) is 0.572. The second-order valence-corrected chi connectivity index (χ2v) is 6.72. The number of pyridine rings is 1. The molecule has 0 saturated heterocycles. The summed E-state index contributed by atoms with van der Waals surface area (Å²) in [5, 5.41) is 30.0. The minimum absolute atomic E-state index is 0.00139. The van der Waals surface area contributed by atoms with Gasteiger partial charge in [0.15, 0.2) is 0 Å². The molecule has 0 spiro atoms. The van der Waals surface area contributed by atoms with Gasteiger partial charge in [-0.05, 0) is 44.0 Å². The van der Waals surface area contributed by atoms with Crippen LogP contribution in [0.3, 0.4) is 0 Å². The van der Waals surface area contributed by atoms with E-state index >= 15 is 0 Å². The van der Waals surface area contributed by atoms with Crippen molar-refractivity contribution in [3.05, 3.63) is 52.8 Å². The van der Waals surface area contributed by atoms with Crippen LogP contribution in [0.1, 0.15) is 74.8 Å². The largest absolute Gasteiger partial charge is 0.507 e. The molecule has 1 heterocycles. The number of nitriles is 1. The van der Waals surface area contributed by atoms with Gasteiger partial charge >= 0.3 is 0 Å². The molecule has 0 aliphatic heterocycles. The van der Waals surface area contributed by atoms with E-state index in [0.29, 0.717) is 28.0 Å². The number of aromatic nitrogens is 1. The van der Waals surface area contributed by atoms with E-state index in [1.54, 1.807) is 31.3 Å². The molecule has 4 N–H and O–H groups in total. The highest BCUT2D eigenvalue weighted by atomic mass is 16.3. The van der Waals surface area contributed by atoms with Crippen molar-refractivity contribution in [2.75, 3.05) is 5.73 Å². The highest BCUT2D eigenvalue weighted by molar-refractivity contribution is 5.91. The Kier molecular flexibility index (Phi) is 6.84. The fourth-order valence-electron chi connectivity index (χ4n) is 3.25. The number of benzene rings is 1. The highest BCUT2D eigenvalue weighted by Gasteiger charge is 2.19. The molecule has 2 aromatic rings. The number of allylic oxidation sites excluding steroid dienone is 1. The molecule has 1 aromatic carbocycles. The van der Waals surface area contributed by atoms with E-state index in [-0.39, 0.29) is 17.4 Å². The van der Waals surface area contributed by atoms with Crippen LogP contribution >= 0.6 is 0 Å². The molecular weight excluding hydrogens is 338 g/mol. The summed E-state index contributed by atoms with van der Waals surface area (Å²) in [4.78, 5) is 4.47. The van der Waals surface area contributed by atoms with Crippen LogP contribution < -0.4 is 5.73 Å². The van der Waals surface area contributed by atoms with Crippen molar-refractivity contribution in [1.82, 2.24) is 4.98 Å². The molecule has 0 aliphatic rings. The van der Waals surface area contributed by atoms with E-state index in [1.165, 1.54) is 6.07 Å². The Bertz CT molecular complexity index is 882. The first-order chi connectivity index (χ1) is 12.9. The maximum atomic E-state index is 10.8. The first-order valence-corrected chi connectivity index (χ1v) is 9.32. The predicted molar refractivity (Wildman–Crippen MR) is 109 cm³/mol. The van der Waals surface area contributed by atoms with Crippen molar-refractivity contribution >= 4 is 17.0 Å². The Balaban J connectivity index is 2.49. The Morgan fingerprint density at radius 2 is 2.00 bits per heavy atom. The molecule has 0 saturated carbocycles. The third-order valence-corrected chi connectivity index (χ3v) is 4.95. The lowest BCUT2D eigenvalue weighted by Crippen LogP contribution is -2.08. The Morgan fingerprint density at radius 1 is 1.26 bits per heavy atom. The van der Waals surface area contributed by atoms with Gasteiger partial charge in [-0.15, -0.1) is 0 Å². The Morgan fingerprint density at radius 3 is 2.59 bits per heavy atom. The Hall–Kier alpha value is -3.00. The number of unbranched alkanes of at least 4 members (excludes halogenated alkanes) is 1. The van der Waals surface area contributed by atoms with E-state index < -0.39 is 0 Å². The number of hydrogen-bond donors (Lipinski definition) is 3. The molecule has 5 nitrogen and oxygen atoms in total. The first-order valence-electron chi connectivity index (χ1n) is 9.32. The van der Waals surface area contributed by atoms with Crippen molar-refractivity contribution in [2.24, 2.45) is 0 Å². The van der Waals surface area contributed by atoms with Gasteiger partial charge in [-0.3, -0.25) is 4.98 Å². The summed E-state index contributed by atoms with van der Waals surface area (Å²) in [7, 11) is 0. The smallest absolute Gasteiger partial charge is 0.128 e. The van der Waals surface area contributed by atoms with Crippen LogP contribution in [0.2, 0.25) is 0 Å². The van der Waals surface area contributed by atoms with Crippen LogP contribution in [0.25, 0.3) is 11.3 Å². The topological polar surface area (TPSA) is 103 Å². The second kappa shape index (κ2) is 9.09. The van der Waals surface area contributed by atoms with Crippen molar-refractivity contribution in [2.45, 2.75) is 52.4 Å². The van der Waals surface area contributed by atoms with Crippen LogP contribution in [0, 0.1) is 11.3 Å². The zero-order chi connectivity index (χ0) is 20.0. The molecule has 1 unspecified atom stereocenters. The number of hydrogen-bond acceptors (Lipinski definition) is 5. The summed E-state index contributed by atoms with van der Waals surface area (Å²) in [6.45, 7) is 5.98. The summed E-state index contributed by atoms with van der Waals surface area (Å²) in [5.74, 6) is 0.197. The van der Waals surface area contributed by atoms with Gasteiger partial charge in [0.05, 0.1) is 23.0 Å². The lowest BCUT2D eigenvalue weighted by atomic mass is 9.92. The number of aromatic hydroxyl groups is 1. The fraction of sp³-hybridized carbons (Fsp3) is 0.364. The average molecular weight is 365 g/mol. The summed E-state index contributed by atoms with van der Waals surface area (Å²) >= 11 is 0. The summed E-state index contributed by atoms with van der Waals surface area (Å²) < 4.78 is 0. The van der Waals surface area contributed by atoms with E-state index in [9.17, 15) is 10.2 Å². The number of nitrogens with two attached hydrogens (primary N) is 1. The third-order valence-electron chi connectivity index (χ3n) is 4.95. The van der Waals surface area contributed by atoms with Crippen molar-refractivity contribution in [1.29, 1.82) is 5.26 Å². The third kappa shape index (κ3) is 4.40. The normalized spacial score (nSPS) is 13.0. The van der Waals surface area contributed by atoms with Gasteiger partial charge < -0.3 is 15.9 Å². The Labute approximate surface area is 160 Å². The number of phenols is 1. The van der Waals surface area contributed by atoms with Gasteiger partial charge in [0.25, 0.3) is 0 Å². The molecule has 0 aliphatic carbocycles. The van der Waals surface area contributed by atoms with E-state index in [2.05, 4.69) is 18.8 Å². The van der Waals surface area contributed by atoms with Crippen molar-refractivity contribution in [3.63, 3.8) is 0 Å². The van der Waals surface area contributed by atoms with Crippen LogP contribution in [-0.2, 0) is 0 Å². The number of nitrogen functional groups attached to an aromatic ring is 1. The van der Waals surface area contributed by atoms with Crippen molar-refractivity contribution < 1.29 is 10.2 Å². The minimum atomic E-state index is -0.0552. The average Bonchev–Trinajstić information content (AvgIpc) is 2.68. The zero-order valence-electron chi connectivity index (χ0n) is 16.2. The van der Waals surface area contributed by atoms with Crippen LogP contribution in [0.15, 0.2) is 30.5 Å². The van der Waals surface area contributed by atoms with Crippen LogP contribution in [0.4, 0.5) is 5.69 Å². The van der Waals surface area contributed by atoms with E-state index in [1.807, 2.05) is 6.07 Å². The van der Waals surface area contributed by atoms with Crippen LogP contribution in [-0.4, -0.2) is 15.2 Å². The van der Waals surface area contributed by atoms with Crippen LogP contribution in [0.5, 0.6) is 5.75 Å². The molecule has 0 bridgehead atoms. The van der Waals surface area contributed by atoms with E-state index in [0.717, 1.165) is 31.4 Å². The summed E-state index contributed by atoms with van der Waals surface area (Å²) in [6, 6.07) is 8.27. The molecule has 2 rings (SSSR count). The van der Waals surface area contributed by atoms with Gasteiger partial charge in [0.2, 0.25) is 0 Å². The molecule has 1 atom stereocenters.